The minimum absolute atomic E-state index is 0.0258. The molecule has 22 heavy (non-hydrogen) atoms. The molecule has 0 unspecified atom stereocenters. The Morgan fingerprint density at radius 2 is 2.27 bits per heavy atom. The van der Waals surface area contributed by atoms with E-state index in [0.29, 0.717) is 19.5 Å². The molecule has 7 nitrogen and oxygen atoms in total. The van der Waals surface area contributed by atoms with E-state index < -0.39 is 28.4 Å². The second-order valence-corrected chi connectivity index (χ2v) is 5.24. The monoisotopic (exact) mass is 309 g/mol. The van der Waals surface area contributed by atoms with Crippen LogP contribution in [0.5, 0.6) is 0 Å². The Morgan fingerprint density at radius 1 is 1.55 bits per heavy atom. The second kappa shape index (κ2) is 6.50. The number of nitro benzene ring substituents is 1. The Morgan fingerprint density at radius 3 is 2.86 bits per heavy atom. The summed E-state index contributed by atoms with van der Waals surface area (Å²) in [5.41, 5.74) is -0.784. The average Bonchev–Trinajstić information content (AvgIpc) is 2.83. The normalized spacial score (nSPS) is 15.7. The summed E-state index contributed by atoms with van der Waals surface area (Å²) in [7, 11) is 0. The van der Waals surface area contributed by atoms with Gasteiger partial charge in [-0.2, -0.15) is 0 Å². The highest BCUT2D eigenvalue weighted by Gasteiger charge is 2.25. The van der Waals surface area contributed by atoms with Gasteiger partial charge in [-0.15, -0.1) is 0 Å². The number of nitrogens with one attached hydrogen (secondary N) is 1. The van der Waals surface area contributed by atoms with Crippen LogP contribution in [0.4, 0.5) is 10.1 Å². The minimum Gasteiger partial charge on any atom is -0.348 e. The predicted molar refractivity (Wildman–Crippen MR) is 75.8 cm³/mol. The summed E-state index contributed by atoms with van der Waals surface area (Å²) in [5, 5.41) is 13.5. The van der Waals surface area contributed by atoms with Crippen LogP contribution in [0, 0.1) is 15.9 Å². The van der Waals surface area contributed by atoms with E-state index in [1.807, 2.05) is 0 Å². The van der Waals surface area contributed by atoms with Gasteiger partial charge in [0.25, 0.3) is 11.6 Å². The number of carbonyl (C=O) groups is 2. The standard InChI is InChI=1S/C14H16FN3O4/c1-9(8-17-6-2-3-13(17)19)16-14(20)11-7-10(15)4-5-12(11)18(21)22/h4-5,7,9H,2-3,6,8H2,1H3,(H,16,20)/t9-/m0/s1. The van der Waals surface area contributed by atoms with E-state index >= 15 is 0 Å². The number of hydrogen-bond acceptors (Lipinski definition) is 4. The SMILES string of the molecule is C[C@@H](CN1CCCC1=O)NC(=O)c1cc(F)ccc1[N+](=O)[O-]. The molecule has 2 rings (SSSR count). The van der Waals surface area contributed by atoms with Crippen LogP contribution in [0.25, 0.3) is 0 Å². The van der Waals surface area contributed by atoms with Crippen LogP contribution in [0.1, 0.15) is 30.1 Å². The number of likely N-dealkylation sites (tertiary alicyclic amines) is 1. The van der Waals surface area contributed by atoms with Gasteiger partial charge >= 0.3 is 0 Å². The fourth-order valence-electron chi connectivity index (χ4n) is 2.42. The van der Waals surface area contributed by atoms with Crippen LogP contribution < -0.4 is 5.32 Å². The summed E-state index contributed by atoms with van der Waals surface area (Å²) >= 11 is 0. The lowest BCUT2D eigenvalue weighted by Crippen LogP contribution is -2.42. The number of nitrogens with zero attached hydrogens (tertiary/aromatic N) is 2. The number of nitro groups is 1. The van der Waals surface area contributed by atoms with E-state index in [4.69, 9.17) is 0 Å². The molecule has 8 heteroatoms. The predicted octanol–water partition coefficient (Wildman–Crippen LogP) is 1.47. The Hall–Kier alpha value is -2.51. The number of hydrogen-bond donors (Lipinski definition) is 1. The van der Waals surface area contributed by atoms with Crippen molar-refractivity contribution < 1.29 is 18.9 Å². The highest BCUT2D eigenvalue weighted by Crippen LogP contribution is 2.19. The van der Waals surface area contributed by atoms with Gasteiger partial charge in [-0.05, 0) is 25.5 Å². The van der Waals surface area contributed by atoms with Crippen LogP contribution in [0.15, 0.2) is 18.2 Å². The largest absolute Gasteiger partial charge is 0.348 e. The van der Waals surface area contributed by atoms with Gasteiger partial charge in [-0.25, -0.2) is 4.39 Å². The first kappa shape index (κ1) is 15.9. The maximum Gasteiger partial charge on any atom is 0.282 e. The Kier molecular flexibility index (Phi) is 4.69. The van der Waals surface area contributed by atoms with Crippen molar-refractivity contribution >= 4 is 17.5 Å². The third kappa shape index (κ3) is 3.57. The van der Waals surface area contributed by atoms with Crippen molar-refractivity contribution in [2.75, 3.05) is 13.1 Å². The molecular weight excluding hydrogens is 293 g/mol. The maximum atomic E-state index is 13.2. The first-order chi connectivity index (χ1) is 10.4. The van der Waals surface area contributed by atoms with Crippen molar-refractivity contribution in [1.82, 2.24) is 10.2 Å². The average molecular weight is 309 g/mol. The summed E-state index contributed by atoms with van der Waals surface area (Å²) in [4.78, 5) is 35.4. The number of carbonyl (C=O) groups excluding carboxylic acids is 2. The summed E-state index contributed by atoms with van der Waals surface area (Å²) in [6, 6.07) is 2.33. The van der Waals surface area contributed by atoms with Crippen molar-refractivity contribution in [1.29, 1.82) is 0 Å². The lowest BCUT2D eigenvalue weighted by Gasteiger charge is -2.21. The fourth-order valence-corrected chi connectivity index (χ4v) is 2.42. The van der Waals surface area contributed by atoms with Crippen LogP contribution in [-0.4, -0.2) is 40.8 Å². The Bertz CT molecular complexity index is 620. The molecular formula is C14H16FN3O4. The highest BCUT2D eigenvalue weighted by molar-refractivity contribution is 5.98. The Balaban J connectivity index is 2.07. The topological polar surface area (TPSA) is 92.6 Å². The van der Waals surface area contributed by atoms with Crippen molar-refractivity contribution in [3.63, 3.8) is 0 Å². The molecule has 1 aromatic carbocycles. The van der Waals surface area contributed by atoms with E-state index in [0.717, 1.165) is 24.6 Å². The molecule has 0 aliphatic carbocycles. The van der Waals surface area contributed by atoms with Crippen molar-refractivity contribution in [2.45, 2.75) is 25.8 Å². The number of benzene rings is 1. The van der Waals surface area contributed by atoms with E-state index in [-0.39, 0.29) is 11.5 Å². The number of halogens is 1. The molecule has 0 spiro atoms. The van der Waals surface area contributed by atoms with Crippen molar-refractivity contribution in [3.05, 3.63) is 39.7 Å². The van der Waals surface area contributed by atoms with Gasteiger partial charge in [0.1, 0.15) is 11.4 Å². The van der Waals surface area contributed by atoms with Gasteiger partial charge in [0.05, 0.1) is 4.92 Å². The van der Waals surface area contributed by atoms with Gasteiger partial charge < -0.3 is 10.2 Å². The summed E-state index contributed by atoms with van der Waals surface area (Å²) in [6.07, 6.45) is 1.28. The van der Waals surface area contributed by atoms with Gasteiger partial charge in [0, 0.05) is 31.6 Å². The molecule has 1 aromatic rings. The molecule has 1 fully saturated rings. The van der Waals surface area contributed by atoms with E-state index in [1.54, 1.807) is 11.8 Å². The zero-order chi connectivity index (χ0) is 16.3. The van der Waals surface area contributed by atoms with E-state index in [1.165, 1.54) is 0 Å². The van der Waals surface area contributed by atoms with Crippen LogP contribution in [-0.2, 0) is 4.79 Å². The van der Waals surface area contributed by atoms with Crippen LogP contribution in [0.2, 0.25) is 0 Å². The molecule has 2 amide bonds. The first-order valence-electron chi connectivity index (χ1n) is 6.91. The number of rotatable bonds is 5. The molecule has 0 radical (unpaired) electrons. The molecule has 0 bridgehead atoms. The van der Waals surface area contributed by atoms with Gasteiger partial charge in [-0.3, -0.25) is 19.7 Å². The fraction of sp³-hybridized carbons (Fsp3) is 0.429. The Labute approximate surface area is 126 Å². The van der Waals surface area contributed by atoms with Crippen LogP contribution >= 0.6 is 0 Å². The lowest BCUT2D eigenvalue weighted by atomic mass is 10.1. The maximum absolute atomic E-state index is 13.2. The zero-order valence-corrected chi connectivity index (χ0v) is 12.0. The van der Waals surface area contributed by atoms with E-state index in [2.05, 4.69) is 5.32 Å². The summed E-state index contributed by atoms with van der Waals surface area (Å²) < 4.78 is 13.2. The highest BCUT2D eigenvalue weighted by atomic mass is 19.1. The lowest BCUT2D eigenvalue weighted by molar-refractivity contribution is -0.385. The number of amides is 2. The molecule has 1 heterocycles. The smallest absolute Gasteiger partial charge is 0.282 e. The second-order valence-electron chi connectivity index (χ2n) is 5.24. The van der Waals surface area contributed by atoms with Gasteiger partial charge in [0.2, 0.25) is 5.91 Å². The molecule has 1 N–H and O–H groups in total. The first-order valence-corrected chi connectivity index (χ1v) is 6.91. The molecule has 0 saturated carbocycles. The zero-order valence-electron chi connectivity index (χ0n) is 12.0. The summed E-state index contributed by atoms with van der Waals surface area (Å²) in [6.45, 7) is 2.65. The molecule has 1 aliphatic rings. The molecule has 1 atom stereocenters. The van der Waals surface area contributed by atoms with Crippen LogP contribution in [0.3, 0.4) is 0 Å². The molecule has 1 saturated heterocycles. The molecule has 1 aliphatic heterocycles. The quantitative estimate of drug-likeness (QED) is 0.658. The molecule has 118 valence electrons. The third-order valence-electron chi connectivity index (χ3n) is 3.44. The van der Waals surface area contributed by atoms with Crippen molar-refractivity contribution in [2.24, 2.45) is 0 Å². The molecule has 0 aromatic heterocycles. The van der Waals surface area contributed by atoms with Gasteiger partial charge in [0.15, 0.2) is 0 Å². The minimum atomic E-state index is -0.733. The third-order valence-corrected chi connectivity index (χ3v) is 3.44. The van der Waals surface area contributed by atoms with E-state index in [9.17, 15) is 24.1 Å². The summed E-state index contributed by atoms with van der Waals surface area (Å²) in [5.74, 6) is -1.43. The van der Waals surface area contributed by atoms with Gasteiger partial charge in [-0.1, -0.05) is 0 Å². The van der Waals surface area contributed by atoms with Crippen molar-refractivity contribution in [3.8, 4) is 0 Å².